The molecule has 12 nitrogen and oxygen atoms in total. The fourth-order valence-electron chi connectivity index (χ4n) is 8.69. The van der Waals surface area contributed by atoms with Crippen molar-refractivity contribution in [3.05, 3.63) is 101 Å². The van der Waals surface area contributed by atoms with Crippen LogP contribution < -0.4 is 4.90 Å². The van der Waals surface area contributed by atoms with Crippen molar-refractivity contribution in [3.63, 3.8) is 0 Å². The Hall–Kier alpha value is -4.20. The number of sulfonamides is 1. The molecule has 3 aromatic rings. The van der Waals surface area contributed by atoms with E-state index in [-0.39, 0.29) is 18.1 Å². The lowest BCUT2D eigenvalue weighted by molar-refractivity contribution is -0.254. The van der Waals surface area contributed by atoms with Crippen molar-refractivity contribution in [2.24, 2.45) is 5.92 Å². The lowest BCUT2D eigenvalue weighted by Gasteiger charge is -2.48. The third kappa shape index (κ3) is 16.7. The average molecular weight is 977 g/mol. The van der Waals surface area contributed by atoms with E-state index in [2.05, 4.69) is 39.5 Å². The fourth-order valence-corrected chi connectivity index (χ4v) is 9.15. The Morgan fingerprint density at radius 1 is 0.797 bits per heavy atom. The Morgan fingerprint density at radius 2 is 1.39 bits per heavy atom. The van der Waals surface area contributed by atoms with Crippen molar-refractivity contribution in [2.75, 3.05) is 57.8 Å². The third-order valence-corrected chi connectivity index (χ3v) is 14.1. The highest BCUT2D eigenvalue weighted by atomic mass is 32.2. The molecule has 2 fully saturated rings. The number of unbranched alkanes of at least 4 members (excludes halogenated alkanes) is 4. The van der Waals surface area contributed by atoms with Crippen molar-refractivity contribution in [1.29, 1.82) is 0 Å². The summed E-state index contributed by atoms with van der Waals surface area (Å²) >= 11 is 0. The molecule has 380 valence electrons. The van der Waals surface area contributed by atoms with Gasteiger partial charge in [0.1, 0.15) is 42.4 Å². The van der Waals surface area contributed by atoms with Crippen LogP contribution in [0.5, 0.6) is 0 Å². The molecule has 8 atom stereocenters. The quantitative estimate of drug-likeness (QED) is 0.0287. The number of hydrogen-bond acceptors (Lipinski definition) is 10. The van der Waals surface area contributed by atoms with Gasteiger partial charge in [-0.2, -0.15) is 0 Å². The molecule has 0 radical (unpaired) electrons. The molecule has 3 aromatic carbocycles. The highest BCUT2D eigenvalue weighted by Crippen LogP contribution is 2.47. The molecule has 2 aliphatic rings. The second-order valence-corrected chi connectivity index (χ2v) is 20.4. The number of carbonyl (C=O) groups is 2. The number of nitrogens with zero attached hydrogens (tertiary/aromatic N) is 2. The van der Waals surface area contributed by atoms with Gasteiger partial charge in [-0.3, -0.25) is 9.59 Å². The molecule has 2 unspecified atom stereocenters. The summed E-state index contributed by atoms with van der Waals surface area (Å²) in [6.07, 6.45) is 8.01. The molecule has 0 saturated carbocycles. The number of rotatable bonds is 29. The number of halogens is 1. The molecule has 1 amide bonds. The first-order valence-electron chi connectivity index (χ1n) is 25.2. The number of esters is 1. The van der Waals surface area contributed by atoms with Crippen LogP contribution in [0.4, 0.5) is 10.1 Å². The summed E-state index contributed by atoms with van der Waals surface area (Å²) in [6.45, 7) is 13.0. The van der Waals surface area contributed by atoms with Crippen LogP contribution in [0.2, 0.25) is 0 Å². The third-order valence-electron chi connectivity index (χ3n) is 12.8. The van der Waals surface area contributed by atoms with Gasteiger partial charge in [0.05, 0.1) is 24.8 Å². The lowest BCUT2D eigenvalue weighted by atomic mass is 9.78. The molecule has 2 heterocycles. The van der Waals surface area contributed by atoms with Crippen molar-refractivity contribution < 1.29 is 50.8 Å². The largest absolute Gasteiger partial charge is 0.458 e. The van der Waals surface area contributed by atoms with Gasteiger partial charge in [-0.1, -0.05) is 102 Å². The van der Waals surface area contributed by atoms with Crippen LogP contribution in [0, 0.1) is 23.6 Å². The molecule has 0 bridgehead atoms. The predicted molar refractivity (Wildman–Crippen MR) is 268 cm³/mol. The monoisotopic (exact) mass is 977 g/mol. The minimum Gasteiger partial charge on any atom is -0.458 e. The van der Waals surface area contributed by atoms with E-state index in [9.17, 15) is 22.4 Å². The summed E-state index contributed by atoms with van der Waals surface area (Å²) in [5.74, 6) is 5.47. The number of β-lactam (4-membered cyclic amide) rings is 1. The zero-order valence-corrected chi connectivity index (χ0v) is 42.9. The lowest BCUT2D eigenvalue weighted by Crippen LogP contribution is -2.61. The van der Waals surface area contributed by atoms with E-state index in [1.165, 1.54) is 29.6 Å². The maximum atomic E-state index is 14.2. The van der Waals surface area contributed by atoms with E-state index in [0.717, 1.165) is 73.7 Å². The van der Waals surface area contributed by atoms with Crippen LogP contribution >= 0.6 is 0 Å². The van der Waals surface area contributed by atoms with Crippen LogP contribution in [0.3, 0.4) is 0 Å². The number of hydrogen-bond donors (Lipinski definition) is 0. The van der Waals surface area contributed by atoms with Crippen LogP contribution in [0.15, 0.2) is 72.8 Å². The minimum atomic E-state index is -3.27. The van der Waals surface area contributed by atoms with Gasteiger partial charge >= 0.3 is 5.97 Å². The van der Waals surface area contributed by atoms with Gasteiger partial charge in [0.2, 0.25) is 15.9 Å². The molecule has 0 aromatic heterocycles. The van der Waals surface area contributed by atoms with Crippen LogP contribution in [0.25, 0.3) is 0 Å². The van der Waals surface area contributed by atoms with Crippen molar-refractivity contribution in [3.8, 4) is 11.8 Å². The Balaban J connectivity index is 1.43. The van der Waals surface area contributed by atoms with Crippen LogP contribution in [0.1, 0.15) is 140 Å². The predicted octanol–water partition coefficient (Wildman–Crippen LogP) is 9.93. The summed E-state index contributed by atoms with van der Waals surface area (Å²) in [4.78, 5) is 28.2. The zero-order chi connectivity index (χ0) is 49.8. The maximum Gasteiger partial charge on any atom is 0.303 e. The van der Waals surface area contributed by atoms with E-state index in [1.807, 2.05) is 48.5 Å². The van der Waals surface area contributed by atoms with E-state index in [1.54, 1.807) is 24.1 Å². The number of amides is 1. The molecule has 2 saturated heterocycles. The summed E-state index contributed by atoms with van der Waals surface area (Å²) in [7, 11) is -1.69. The van der Waals surface area contributed by atoms with Gasteiger partial charge in [-0.05, 0) is 104 Å². The first-order valence-corrected chi connectivity index (χ1v) is 27.1. The topological polar surface area (TPSA) is 130 Å². The molecule has 5 rings (SSSR count). The van der Waals surface area contributed by atoms with Crippen molar-refractivity contribution >= 4 is 27.6 Å². The van der Waals surface area contributed by atoms with Crippen molar-refractivity contribution in [1.82, 2.24) is 4.31 Å². The van der Waals surface area contributed by atoms with Crippen LogP contribution in [-0.2, 0) is 54.5 Å². The van der Waals surface area contributed by atoms with E-state index < -0.39 is 58.2 Å². The molecule has 0 aliphatic carbocycles. The molecule has 69 heavy (non-hydrogen) atoms. The molecule has 0 N–H and O–H groups in total. The zero-order valence-electron chi connectivity index (χ0n) is 42.0. The fraction of sp³-hybridized carbons (Fsp3) is 0.600. The number of carbonyl (C=O) groups excluding carboxylic acids is 2. The first-order chi connectivity index (χ1) is 33.3. The highest BCUT2D eigenvalue weighted by Gasteiger charge is 2.49. The standard InChI is InChI=1S/C55H77FN2O10S/c1-8-12-35-63-39-50-53(65-37-14-10-3)54(66-38-15-11-4)52(64-36-13-9-2)49(68-50)32-22-42-18-23-44(24-19-42)51-47(31-33-48(67-40(5)59)43-25-27-45(56)28-26-43)55(60)58(51)46-29-20-41(21-30-46)17-16-34-57(6)69(7,61)62/h18-21,23-30,47-54H,8-17,31,33-39H2,1-7H3/t47?,48-,49?,50+,51+,52-,53+,54+/m0/s1. The van der Waals surface area contributed by atoms with E-state index >= 15 is 0 Å². The highest BCUT2D eigenvalue weighted by molar-refractivity contribution is 7.88. The number of benzene rings is 3. The number of ether oxygens (including phenoxy) is 6. The van der Waals surface area contributed by atoms with E-state index in [4.69, 9.17) is 28.4 Å². The molecular weight excluding hydrogens is 900 g/mol. The Kier molecular flexibility index (Phi) is 23.1. The van der Waals surface area contributed by atoms with Gasteiger partial charge in [0, 0.05) is 58.2 Å². The molecular formula is C55H77FN2O10S. The summed E-state index contributed by atoms with van der Waals surface area (Å²) < 4.78 is 77.5. The summed E-state index contributed by atoms with van der Waals surface area (Å²) in [5.41, 5.74) is 4.10. The molecule has 14 heteroatoms. The number of aryl methyl sites for hydroxylation is 1. The summed E-state index contributed by atoms with van der Waals surface area (Å²) in [5, 5.41) is 0. The van der Waals surface area contributed by atoms with Gasteiger partial charge < -0.3 is 33.3 Å². The van der Waals surface area contributed by atoms with Gasteiger partial charge in [-0.25, -0.2) is 17.1 Å². The second-order valence-electron chi connectivity index (χ2n) is 18.3. The summed E-state index contributed by atoms with van der Waals surface area (Å²) in [6, 6.07) is 21.3. The Labute approximate surface area is 411 Å². The van der Waals surface area contributed by atoms with Crippen molar-refractivity contribution in [2.45, 2.75) is 154 Å². The Bertz CT molecular complexity index is 2180. The second kappa shape index (κ2) is 28.6. The van der Waals surface area contributed by atoms with Gasteiger partial charge in [0.15, 0.2) is 0 Å². The number of anilines is 1. The van der Waals surface area contributed by atoms with Crippen LogP contribution in [-0.4, -0.2) is 108 Å². The molecule has 2 aliphatic heterocycles. The van der Waals surface area contributed by atoms with Gasteiger partial charge in [0.25, 0.3) is 0 Å². The van der Waals surface area contributed by atoms with E-state index in [0.29, 0.717) is 70.8 Å². The van der Waals surface area contributed by atoms with Gasteiger partial charge in [-0.15, -0.1) is 0 Å². The Morgan fingerprint density at radius 3 is 1.99 bits per heavy atom. The first kappa shape index (κ1) is 55.7. The smallest absolute Gasteiger partial charge is 0.303 e. The average Bonchev–Trinajstić information content (AvgIpc) is 3.33. The SMILES string of the molecule is CCCCOC[C@H]1OC(C#Cc2ccc([C@@H]3C(CC[C@H](OC(C)=O)c4ccc(F)cc4)C(=O)N3c3ccc(CCCN(C)S(C)(=O)=O)cc3)cc2)[C@H](OCCCC)[C@@H](OCCCC)[C@@H]1OCCCC. The molecule has 0 spiro atoms. The maximum absolute atomic E-state index is 14.2. The minimum absolute atomic E-state index is 0.0587. The normalized spacial score (nSPS) is 22.0.